The SMILES string of the molecule is CCOC(=O)CN(C(=O)Cn1nc(C(N)=O)c2cc(NC(=O)OC(C)(C)C)ccc21)[C@H](C)CCC(C)(C)[Si](C)(C)O. The lowest BCUT2D eigenvalue weighted by atomic mass is 10.0. The molecule has 1 aromatic heterocycles. The molecule has 12 nitrogen and oxygen atoms in total. The first-order valence-corrected chi connectivity index (χ1v) is 16.7. The van der Waals surface area contributed by atoms with Crippen molar-refractivity contribution < 1.29 is 33.4 Å². The van der Waals surface area contributed by atoms with Crippen molar-refractivity contribution in [2.45, 2.75) is 97.6 Å². The van der Waals surface area contributed by atoms with Crippen molar-refractivity contribution in [3.05, 3.63) is 23.9 Å². The van der Waals surface area contributed by atoms with Gasteiger partial charge in [-0.1, -0.05) is 13.8 Å². The summed E-state index contributed by atoms with van der Waals surface area (Å²) in [6.45, 7) is 16.2. The fourth-order valence-corrected chi connectivity index (χ4v) is 4.82. The number of ether oxygens (including phenoxy) is 2. The van der Waals surface area contributed by atoms with Gasteiger partial charge in [-0.25, -0.2) is 4.79 Å². The topological polar surface area (TPSA) is 166 Å². The van der Waals surface area contributed by atoms with Crippen molar-refractivity contribution in [2.24, 2.45) is 5.73 Å². The molecule has 2 aromatic rings. The van der Waals surface area contributed by atoms with Crippen LogP contribution < -0.4 is 11.1 Å². The van der Waals surface area contributed by atoms with Crippen LogP contribution in [0.1, 0.15) is 71.8 Å². The number of amides is 3. The van der Waals surface area contributed by atoms with Gasteiger partial charge in [0, 0.05) is 17.1 Å². The van der Waals surface area contributed by atoms with E-state index in [1.54, 1.807) is 39.8 Å². The Balaban J connectivity index is 2.36. The van der Waals surface area contributed by atoms with E-state index in [0.29, 0.717) is 29.4 Å². The van der Waals surface area contributed by atoms with Gasteiger partial charge in [0.15, 0.2) is 14.0 Å². The lowest BCUT2D eigenvalue weighted by molar-refractivity contribution is -0.150. The zero-order chi connectivity index (χ0) is 31.3. The highest BCUT2D eigenvalue weighted by Gasteiger charge is 2.38. The van der Waals surface area contributed by atoms with Crippen molar-refractivity contribution in [1.82, 2.24) is 14.7 Å². The van der Waals surface area contributed by atoms with Crippen molar-refractivity contribution in [3.63, 3.8) is 0 Å². The lowest BCUT2D eigenvalue weighted by Gasteiger charge is -2.37. The molecule has 1 heterocycles. The van der Waals surface area contributed by atoms with E-state index in [-0.39, 0.29) is 36.5 Å². The number of anilines is 1. The van der Waals surface area contributed by atoms with E-state index in [1.165, 1.54) is 15.6 Å². The second-order valence-electron chi connectivity index (χ2n) is 12.4. The number of benzene rings is 1. The summed E-state index contributed by atoms with van der Waals surface area (Å²) in [5, 5.41) is 6.95. The highest BCUT2D eigenvalue weighted by molar-refractivity contribution is 6.72. The van der Waals surface area contributed by atoms with Crippen LogP contribution in [0, 0.1) is 0 Å². The summed E-state index contributed by atoms with van der Waals surface area (Å²) in [5.41, 5.74) is 5.62. The molecule has 4 N–H and O–H groups in total. The van der Waals surface area contributed by atoms with Gasteiger partial charge in [-0.05, 0) is 83.8 Å². The van der Waals surface area contributed by atoms with E-state index in [0.717, 1.165) is 0 Å². The van der Waals surface area contributed by atoms with Gasteiger partial charge in [0.25, 0.3) is 5.91 Å². The van der Waals surface area contributed by atoms with Gasteiger partial charge >= 0.3 is 12.1 Å². The van der Waals surface area contributed by atoms with Crippen molar-refractivity contribution in [1.29, 1.82) is 0 Å². The van der Waals surface area contributed by atoms with E-state index in [1.807, 2.05) is 33.9 Å². The standard InChI is InChI=1S/C28H45N5O7Si/c1-10-39-23(35)17-32(18(2)13-14-28(6,7)41(8,9)38)22(34)16-33-21-12-11-19(30-26(37)40-27(3,4)5)15-20(21)24(31-33)25(29)36/h11-12,15,18,38H,10,13-14,16-17H2,1-9H3,(H2,29,36)(H,30,37)/t18-/m1/s1. The molecule has 0 saturated heterocycles. The molecule has 1 aromatic carbocycles. The molecular formula is C28H45N5O7Si. The van der Waals surface area contributed by atoms with Crippen LogP contribution >= 0.6 is 0 Å². The zero-order valence-corrected chi connectivity index (χ0v) is 26.7. The van der Waals surface area contributed by atoms with Gasteiger partial charge in [-0.3, -0.25) is 24.4 Å². The fourth-order valence-electron chi connectivity index (χ4n) is 4.07. The summed E-state index contributed by atoms with van der Waals surface area (Å²) >= 11 is 0. The number of nitrogens with two attached hydrogens (primary N) is 1. The predicted octanol–water partition coefficient (Wildman–Crippen LogP) is 4.02. The number of rotatable bonds is 12. The number of esters is 1. The molecule has 0 unspecified atom stereocenters. The van der Waals surface area contributed by atoms with E-state index < -0.39 is 37.8 Å². The van der Waals surface area contributed by atoms with Gasteiger partial charge < -0.3 is 24.9 Å². The lowest BCUT2D eigenvalue weighted by Crippen LogP contribution is -2.45. The van der Waals surface area contributed by atoms with E-state index in [2.05, 4.69) is 10.4 Å². The molecule has 0 spiro atoms. The summed E-state index contributed by atoms with van der Waals surface area (Å²) in [5.74, 6) is -1.74. The minimum Gasteiger partial charge on any atom is -0.465 e. The molecule has 0 aliphatic heterocycles. The summed E-state index contributed by atoms with van der Waals surface area (Å²) < 4.78 is 11.7. The molecule has 0 fully saturated rings. The number of carbonyl (C=O) groups excluding carboxylic acids is 4. The number of aromatic nitrogens is 2. The van der Waals surface area contributed by atoms with Crippen molar-refractivity contribution in [2.75, 3.05) is 18.5 Å². The maximum Gasteiger partial charge on any atom is 0.412 e. The third-order valence-corrected chi connectivity index (χ3v) is 10.8. The Morgan fingerprint density at radius 3 is 2.34 bits per heavy atom. The van der Waals surface area contributed by atoms with Gasteiger partial charge in [0.1, 0.15) is 18.7 Å². The van der Waals surface area contributed by atoms with Crippen LogP contribution in [0.25, 0.3) is 10.9 Å². The largest absolute Gasteiger partial charge is 0.465 e. The zero-order valence-electron chi connectivity index (χ0n) is 25.7. The molecule has 41 heavy (non-hydrogen) atoms. The minimum absolute atomic E-state index is 0.0671. The maximum absolute atomic E-state index is 13.6. The third-order valence-electron chi connectivity index (χ3n) is 7.21. The number of carbonyl (C=O) groups is 4. The molecule has 0 radical (unpaired) electrons. The van der Waals surface area contributed by atoms with E-state index in [4.69, 9.17) is 15.2 Å². The first-order valence-electron chi connectivity index (χ1n) is 13.7. The van der Waals surface area contributed by atoms with Crippen LogP contribution in [-0.2, 0) is 25.6 Å². The molecule has 228 valence electrons. The van der Waals surface area contributed by atoms with Gasteiger partial charge in [-0.2, -0.15) is 5.10 Å². The number of nitrogens with one attached hydrogen (secondary N) is 1. The number of hydrogen-bond acceptors (Lipinski definition) is 8. The molecular weight excluding hydrogens is 546 g/mol. The summed E-state index contributed by atoms with van der Waals surface area (Å²) in [6.07, 6.45) is 0.542. The average Bonchev–Trinajstić information content (AvgIpc) is 3.17. The third kappa shape index (κ3) is 9.28. The normalized spacial score (nSPS) is 13.0. The Bertz CT molecular complexity index is 1280. The smallest absolute Gasteiger partial charge is 0.412 e. The minimum atomic E-state index is -2.47. The number of nitrogens with zero attached hydrogens (tertiary/aromatic N) is 3. The van der Waals surface area contributed by atoms with Gasteiger partial charge in [0.2, 0.25) is 5.91 Å². The van der Waals surface area contributed by atoms with Crippen LogP contribution in [0.5, 0.6) is 0 Å². The summed E-state index contributed by atoms with van der Waals surface area (Å²) in [7, 11) is -2.47. The van der Waals surface area contributed by atoms with Crippen molar-refractivity contribution in [3.8, 4) is 0 Å². The van der Waals surface area contributed by atoms with Crippen LogP contribution in [0.15, 0.2) is 18.2 Å². The first kappa shape index (κ1) is 33.8. The summed E-state index contributed by atoms with van der Waals surface area (Å²) in [4.78, 5) is 62.6. The Kier molecular flexibility index (Phi) is 10.7. The van der Waals surface area contributed by atoms with E-state index in [9.17, 15) is 24.0 Å². The van der Waals surface area contributed by atoms with Crippen LogP contribution in [0.4, 0.5) is 10.5 Å². The predicted molar refractivity (Wildman–Crippen MR) is 159 cm³/mol. The first-order chi connectivity index (χ1) is 18.8. The second-order valence-corrected chi connectivity index (χ2v) is 16.9. The number of primary amides is 1. The quantitative estimate of drug-likeness (QED) is 0.246. The Morgan fingerprint density at radius 1 is 1.17 bits per heavy atom. The molecule has 0 aliphatic rings. The molecule has 0 aliphatic carbocycles. The van der Waals surface area contributed by atoms with Crippen LogP contribution in [0.2, 0.25) is 18.1 Å². The van der Waals surface area contributed by atoms with Crippen molar-refractivity contribution >= 4 is 48.8 Å². The summed E-state index contributed by atoms with van der Waals surface area (Å²) in [6, 6.07) is 4.41. The molecule has 1 atom stereocenters. The second kappa shape index (κ2) is 13.0. The Labute approximate surface area is 242 Å². The Hall–Kier alpha value is -3.45. The number of fused-ring (bicyclic) bond motifs is 1. The van der Waals surface area contributed by atoms with Gasteiger partial charge in [0.05, 0.1) is 12.1 Å². The monoisotopic (exact) mass is 591 g/mol. The maximum atomic E-state index is 13.6. The average molecular weight is 592 g/mol. The molecule has 2 rings (SSSR count). The number of hydrogen-bond donors (Lipinski definition) is 3. The molecule has 13 heteroatoms. The highest BCUT2D eigenvalue weighted by Crippen LogP contribution is 2.40. The molecule has 3 amide bonds. The fraction of sp³-hybridized carbons (Fsp3) is 0.607. The van der Waals surface area contributed by atoms with Gasteiger partial charge in [-0.15, -0.1) is 0 Å². The molecule has 0 saturated carbocycles. The highest BCUT2D eigenvalue weighted by atomic mass is 28.4. The van der Waals surface area contributed by atoms with Crippen LogP contribution in [0.3, 0.4) is 0 Å². The van der Waals surface area contributed by atoms with E-state index >= 15 is 0 Å². The Morgan fingerprint density at radius 2 is 1.80 bits per heavy atom. The molecule has 0 bridgehead atoms. The van der Waals surface area contributed by atoms with Crippen LogP contribution in [-0.4, -0.2) is 76.5 Å².